The molecule has 1 atom stereocenters. The molecule has 16 heavy (non-hydrogen) atoms. The molecule has 4 nitrogen and oxygen atoms in total. The molecule has 0 saturated heterocycles. The van der Waals surface area contributed by atoms with Gasteiger partial charge in [0.05, 0.1) is 12.2 Å². The van der Waals surface area contributed by atoms with Gasteiger partial charge < -0.3 is 9.72 Å². The van der Waals surface area contributed by atoms with Crippen molar-refractivity contribution < 1.29 is 4.74 Å². The van der Waals surface area contributed by atoms with Gasteiger partial charge in [-0.2, -0.15) is 4.98 Å². The van der Waals surface area contributed by atoms with Crippen molar-refractivity contribution in [3.63, 3.8) is 0 Å². The Balaban J connectivity index is 2.84. The lowest BCUT2D eigenvalue weighted by Crippen LogP contribution is -2.17. The molecule has 90 valence electrons. The number of aromatic nitrogens is 2. The van der Waals surface area contributed by atoms with E-state index in [4.69, 9.17) is 4.74 Å². The van der Waals surface area contributed by atoms with Gasteiger partial charge in [-0.3, -0.25) is 4.79 Å². The van der Waals surface area contributed by atoms with E-state index >= 15 is 0 Å². The lowest BCUT2D eigenvalue weighted by molar-refractivity contribution is 0.200. The molecule has 1 aromatic heterocycles. The second-order valence-electron chi connectivity index (χ2n) is 4.34. The molecule has 4 heteroatoms. The van der Waals surface area contributed by atoms with Crippen molar-refractivity contribution in [3.05, 3.63) is 22.2 Å². The summed E-state index contributed by atoms with van der Waals surface area (Å²) < 4.78 is 5.60. The van der Waals surface area contributed by atoms with E-state index in [0.29, 0.717) is 11.7 Å². The quantitative estimate of drug-likeness (QED) is 0.835. The molecule has 0 aliphatic carbocycles. The monoisotopic (exact) mass is 224 g/mol. The van der Waals surface area contributed by atoms with Crippen molar-refractivity contribution in [1.29, 1.82) is 0 Å². The topological polar surface area (TPSA) is 55.0 Å². The van der Waals surface area contributed by atoms with E-state index in [2.05, 4.69) is 16.9 Å². The molecule has 1 N–H and O–H groups in total. The third kappa shape index (κ3) is 3.68. The highest BCUT2D eigenvalue weighted by Crippen LogP contribution is 2.13. The Morgan fingerprint density at radius 1 is 1.44 bits per heavy atom. The van der Waals surface area contributed by atoms with Gasteiger partial charge in [-0.15, -0.1) is 0 Å². The van der Waals surface area contributed by atoms with E-state index in [1.165, 1.54) is 6.07 Å². The molecule has 0 spiro atoms. The fourth-order valence-electron chi connectivity index (χ4n) is 1.46. The van der Waals surface area contributed by atoms with Crippen molar-refractivity contribution in [2.75, 3.05) is 0 Å². The number of ether oxygens (including phenoxy) is 1. The van der Waals surface area contributed by atoms with Crippen molar-refractivity contribution in [3.8, 4) is 5.88 Å². The molecule has 1 unspecified atom stereocenters. The summed E-state index contributed by atoms with van der Waals surface area (Å²) in [6.45, 7) is 8.06. The van der Waals surface area contributed by atoms with Crippen LogP contribution in [-0.2, 0) is 0 Å². The summed E-state index contributed by atoms with van der Waals surface area (Å²) in [6.07, 6.45) is 2.12. The van der Waals surface area contributed by atoms with Crippen LogP contribution in [-0.4, -0.2) is 16.1 Å². The van der Waals surface area contributed by atoms with Crippen molar-refractivity contribution in [2.24, 2.45) is 0 Å². The molecule has 0 aliphatic heterocycles. The zero-order valence-corrected chi connectivity index (χ0v) is 10.4. The summed E-state index contributed by atoms with van der Waals surface area (Å²) in [5.74, 6) is 1.29. The summed E-state index contributed by atoms with van der Waals surface area (Å²) in [5.41, 5.74) is -0.155. The van der Waals surface area contributed by atoms with Crippen LogP contribution < -0.4 is 10.3 Å². The van der Waals surface area contributed by atoms with Gasteiger partial charge in [0.25, 0.3) is 5.56 Å². The molecule has 1 heterocycles. The number of aromatic amines is 1. The Morgan fingerprint density at radius 2 is 2.12 bits per heavy atom. The van der Waals surface area contributed by atoms with E-state index in [1.54, 1.807) is 0 Å². The molecule has 1 aromatic rings. The van der Waals surface area contributed by atoms with Gasteiger partial charge in [0.2, 0.25) is 5.88 Å². The maximum atomic E-state index is 11.4. The van der Waals surface area contributed by atoms with Crippen molar-refractivity contribution >= 4 is 0 Å². The maximum Gasteiger partial charge on any atom is 0.254 e. The number of hydrogen-bond acceptors (Lipinski definition) is 3. The normalized spacial score (nSPS) is 12.8. The largest absolute Gasteiger partial charge is 0.474 e. The van der Waals surface area contributed by atoms with Crippen LogP contribution >= 0.6 is 0 Å². The minimum absolute atomic E-state index is 0.0966. The first-order valence-corrected chi connectivity index (χ1v) is 5.80. The minimum atomic E-state index is -0.155. The van der Waals surface area contributed by atoms with Gasteiger partial charge in [-0.05, 0) is 13.3 Å². The molecule has 0 aliphatic rings. The zero-order valence-electron chi connectivity index (χ0n) is 10.4. The molecule has 0 saturated carbocycles. The Morgan fingerprint density at radius 3 is 2.69 bits per heavy atom. The van der Waals surface area contributed by atoms with E-state index in [1.807, 2.05) is 20.8 Å². The fraction of sp³-hybridized carbons (Fsp3) is 0.667. The molecule has 0 bridgehead atoms. The van der Waals surface area contributed by atoms with Gasteiger partial charge in [0, 0.05) is 5.92 Å². The zero-order chi connectivity index (χ0) is 12.1. The van der Waals surface area contributed by atoms with E-state index in [0.717, 1.165) is 12.8 Å². The summed E-state index contributed by atoms with van der Waals surface area (Å²) in [7, 11) is 0. The summed E-state index contributed by atoms with van der Waals surface area (Å²) in [4.78, 5) is 18.4. The van der Waals surface area contributed by atoms with E-state index in [9.17, 15) is 4.79 Å². The van der Waals surface area contributed by atoms with Crippen LogP contribution in [0.15, 0.2) is 10.9 Å². The molecule has 0 radical (unpaired) electrons. The maximum absolute atomic E-state index is 11.4. The van der Waals surface area contributed by atoms with Gasteiger partial charge in [-0.1, -0.05) is 27.2 Å². The van der Waals surface area contributed by atoms with Crippen LogP contribution in [0.4, 0.5) is 0 Å². The van der Waals surface area contributed by atoms with Crippen LogP contribution in [0.2, 0.25) is 0 Å². The number of rotatable bonds is 5. The van der Waals surface area contributed by atoms with Crippen LogP contribution in [0.25, 0.3) is 0 Å². The number of hydrogen-bond donors (Lipinski definition) is 1. The Bertz CT molecular complexity index is 385. The highest BCUT2D eigenvalue weighted by atomic mass is 16.5. The SMILES string of the molecule is CCCC(C)Oc1cc(=O)[nH]c(C(C)C)n1. The summed E-state index contributed by atoms with van der Waals surface area (Å²) in [6, 6.07) is 1.40. The highest BCUT2D eigenvalue weighted by Gasteiger charge is 2.08. The lowest BCUT2D eigenvalue weighted by atomic mass is 10.2. The van der Waals surface area contributed by atoms with Crippen LogP contribution in [0.1, 0.15) is 52.3 Å². The number of H-pyrrole nitrogens is 1. The lowest BCUT2D eigenvalue weighted by Gasteiger charge is -2.13. The van der Waals surface area contributed by atoms with Crippen LogP contribution in [0, 0.1) is 0 Å². The van der Waals surface area contributed by atoms with Gasteiger partial charge in [-0.25, -0.2) is 0 Å². The molecular formula is C12H20N2O2. The summed E-state index contributed by atoms with van der Waals surface area (Å²) >= 11 is 0. The molecule has 1 rings (SSSR count). The number of nitrogens with one attached hydrogen (secondary N) is 1. The molecule has 0 aromatic carbocycles. The smallest absolute Gasteiger partial charge is 0.254 e. The fourth-order valence-corrected chi connectivity index (χ4v) is 1.46. The highest BCUT2D eigenvalue weighted by molar-refractivity contribution is 5.10. The molecule has 0 fully saturated rings. The average Bonchev–Trinajstić information content (AvgIpc) is 2.16. The summed E-state index contributed by atoms with van der Waals surface area (Å²) in [5, 5.41) is 0. The number of nitrogens with zero attached hydrogens (tertiary/aromatic N) is 1. The van der Waals surface area contributed by atoms with Gasteiger partial charge in [0.15, 0.2) is 0 Å². The Kier molecular flexibility index (Phi) is 4.52. The Labute approximate surface area is 96.1 Å². The first kappa shape index (κ1) is 12.7. The van der Waals surface area contributed by atoms with E-state index < -0.39 is 0 Å². The predicted molar refractivity (Wildman–Crippen MR) is 63.9 cm³/mol. The standard InChI is InChI=1S/C12H20N2O2/c1-5-6-9(4)16-11-7-10(15)13-12(14-11)8(2)3/h7-9H,5-6H2,1-4H3,(H,13,14,15). The third-order valence-corrected chi connectivity index (χ3v) is 2.30. The first-order chi connectivity index (χ1) is 7.52. The van der Waals surface area contributed by atoms with Gasteiger partial charge in [0.1, 0.15) is 5.82 Å². The van der Waals surface area contributed by atoms with Crippen molar-refractivity contribution in [1.82, 2.24) is 9.97 Å². The third-order valence-electron chi connectivity index (χ3n) is 2.30. The average molecular weight is 224 g/mol. The van der Waals surface area contributed by atoms with E-state index in [-0.39, 0.29) is 17.6 Å². The second-order valence-corrected chi connectivity index (χ2v) is 4.34. The molecular weight excluding hydrogens is 204 g/mol. The Hall–Kier alpha value is -1.32. The first-order valence-electron chi connectivity index (χ1n) is 5.80. The second kappa shape index (κ2) is 5.68. The van der Waals surface area contributed by atoms with Crippen LogP contribution in [0.5, 0.6) is 5.88 Å². The van der Waals surface area contributed by atoms with Crippen LogP contribution in [0.3, 0.4) is 0 Å². The van der Waals surface area contributed by atoms with Crippen molar-refractivity contribution in [2.45, 2.75) is 52.6 Å². The van der Waals surface area contributed by atoms with Gasteiger partial charge >= 0.3 is 0 Å². The molecule has 0 amide bonds. The minimum Gasteiger partial charge on any atom is -0.474 e. The predicted octanol–water partition coefficient (Wildman–Crippen LogP) is 2.46.